The molecule has 3 amide bonds. The summed E-state index contributed by atoms with van der Waals surface area (Å²) in [5, 5.41) is 5.43. The highest BCUT2D eigenvalue weighted by atomic mass is 16.2. The first-order valence-electron chi connectivity index (χ1n) is 7.58. The van der Waals surface area contributed by atoms with E-state index in [1.165, 1.54) is 12.8 Å². The van der Waals surface area contributed by atoms with Crippen molar-refractivity contribution in [1.29, 1.82) is 0 Å². The molecule has 0 aromatic heterocycles. The Balaban J connectivity index is 1.83. The van der Waals surface area contributed by atoms with E-state index in [1.807, 2.05) is 23.1 Å². The van der Waals surface area contributed by atoms with Crippen LogP contribution < -0.4 is 10.6 Å². The average molecular weight is 289 g/mol. The van der Waals surface area contributed by atoms with Crippen molar-refractivity contribution >= 4 is 17.6 Å². The highest BCUT2D eigenvalue weighted by molar-refractivity contribution is 5.93. The first kappa shape index (κ1) is 15.4. The number of urea groups is 1. The summed E-state index contributed by atoms with van der Waals surface area (Å²) in [6.45, 7) is 3.33. The second kappa shape index (κ2) is 7.67. The van der Waals surface area contributed by atoms with Crippen LogP contribution in [0.5, 0.6) is 0 Å². The lowest BCUT2D eigenvalue weighted by atomic mass is 10.2. The van der Waals surface area contributed by atoms with Gasteiger partial charge in [0.15, 0.2) is 0 Å². The number of rotatable bonds is 3. The van der Waals surface area contributed by atoms with Gasteiger partial charge in [-0.3, -0.25) is 4.79 Å². The van der Waals surface area contributed by atoms with Crippen molar-refractivity contribution < 1.29 is 9.59 Å². The predicted octanol–water partition coefficient (Wildman–Crippen LogP) is 2.60. The quantitative estimate of drug-likeness (QED) is 0.898. The maximum atomic E-state index is 12.3. The van der Waals surface area contributed by atoms with Crippen molar-refractivity contribution in [3.05, 3.63) is 30.3 Å². The van der Waals surface area contributed by atoms with Gasteiger partial charge in [-0.1, -0.05) is 31.0 Å². The van der Waals surface area contributed by atoms with E-state index in [9.17, 15) is 9.59 Å². The number of benzene rings is 1. The summed E-state index contributed by atoms with van der Waals surface area (Å²) < 4.78 is 0. The van der Waals surface area contributed by atoms with Gasteiger partial charge in [0, 0.05) is 18.8 Å². The Hall–Kier alpha value is -2.04. The molecule has 1 saturated heterocycles. The van der Waals surface area contributed by atoms with Gasteiger partial charge in [0.2, 0.25) is 5.91 Å². The third kappa shape index (κ3) is 4.77. The van der Waals surface area contributed by atoms with Crippen LogP contribution in [0.1, 0.15) is 32.6 Å². The largest absolute Gasteiger partial charge is 0.341 e. The predicted molar refractivity (Wildman–Crippen MR) is 83.1 cm³/mol. The number of para-hydroxylation sites is 1. The molecule has 2 rings (SSSR count). The summed E-state index contributed by atoms with van der Waals surface area (Å²) in [7, 11) is 0. The van der Waals surface area contributed by atoms with Crippen LogP contribution in [0.2, 0.25) is 0 Å². The number of likely N-dealkylation sites (tertiary alicyclic amines) is 1. The van der Waals surface area contributed by atoms with Gasteiger partial charge in [0.05, 0.1) is 0 Å². The lowest BCUT2D eigenvalue weighted by Gasteiger charge is -2.24. The minimum atomic E-state index is -0.508. The Morgan fingerprint density at radius 3 is 2.29 bits per heavy atom. The zero-order valence-electron chi connectivity index (χ0n) is 12.5. The lowest BCUT2D eigenvalue weighted by Crippen LogP contribution is -2.48. The summed E-state index contributed by atoms with van der Waals surface area (Å²) in [5.41, 5.74) is 0.712. The van der Waals surface area contributed by atoms with Crippen LogP contribution in [0.15, 0.2) is 30.3 Å². The minimum absolute atomic E-state index is 0.000103. The molecule has 1 atom stereocenters. The Bertz CT molecular complexity index is 468. The van der Waals surface area contributed by atoms with Crippen molar-refractivity contribution in [2.24, 2.45) is 0 Å². The van der Waals surface area contributed by atoms with Crippen molar-refractivity contribution in [2.45, 2.75) is 38.6 Å². The van der Waals surface area contributed by atoms with Gasteiger partial charge in [-0.2, -0.15) is 0 Å². The van der Waals surface area contributed by atoms with Crippen molar-refractivity contribution in [2.75, 3.05) is 18.4 Å². The van der Waals surface area contributed by atoms with E-state index in [0.717, 1.165) is 25.9 Å². The Morgan fingerprint density at radius 2 is 1.67 bits per heavy atom. The van der Waals surface area contributed by atoms with Crippen LogP contribution in [0.4, 0.5) is 10.5 Å². The number of hydrogen-bond acceptors (Lipinski definition) is 2. The number of carbonyl (C=O) groups is 2. The molecule has 0 unspecified atom stereocenters. The van der Waals surface area contributed by atoms with E-state index >= 15 is 0 Å². The number of nitrogens with zero attached hydrogens (tertiary/aromatic N) is 1. The molecule has 1 aliphatic heterocycles. The summed E-state index contributed by atoms with van der Waals surface area (Å²) >= 11 is 0. The average Bonchev–Trinajstić information content (AvgIpc) is 2.76. The molecule has 0 radical (unpaired) electrons. The molecule has 1 aromatic rings. The van der Waals surface area contributed by atoms with Gasteiger partial charge >= 0.3 is 6.03 Å². The zero-order chi connectivity index (χ0) is 15.1. The third-order valence-electron chi connectivity index (χ3n) is 3.67. The summed E-state index contributed by atoms with van der Waals surface area (Å²) in [6.07, 6.45) is 4.46. The topological polar surface area (TPSA) is 61.4 Å². The van der Waals surface area contributed by atoms with E-state index in [1.54, 1.807) is 19.1 Å². The molecular weight excluding hydrogens is 266 g/mol. The number of carbonyl (C=O) groups excluding carboxylic acids is 2. The number of amides is 3. The highest BCUT2D eigenvalue weighted by Gasteiger charge is 2.22. The fourth-order valence-corrected chi connectivity index (χ4v) is 2.51. The zero-order valence-corrected chi connectivity index (χ0v) is 12.5. The maximum absolute atomic E-state index is 12.3. The standard InChI is InChI=1S/C16H23N3O2/c1-13(15(20)19-11-7-2-3-8-12-19)17-16(21)18-14-9-5-4-6-10-14/h4-6,9-10,13H,2-3,7-8,11-12H2,1H3,(H2,17,18,21)/t13-/m0/s1. The first-order valence-corrected chi connectivity index (χ1v) is 7.58. The van der Waals surface area contributed by atoms with Crippen molar-refractivity contribution in [3.63, 3.8) is 0 Å². The fraction of sp³-hybridized carbons (Fsp3) is 0.500. The molecule has 2 N–H and O–H groups in total. The monoisotopic (exact) mass is 289 g/mol. The maximum Gasteiger partial charge on any atom is 0.319 e. The molecule has 21 heavy (non-hydrogen) atoms. The first-order chi connectivity index (χ1) is 10.2. The van der Waals surface area contributed by atoms with Crippen LogP contribution in [0, 0.1) is 0 Å². The van der Waals surface area contributed by atoms with Crippen LogP contribution >= 0.6 is 0 Å². The van der Waals surface area contributed by atoms with E-state index in [0.29, 0.717) is 5.69 Å². The molecule has 0 spiro atoms. The highest BCUT2D eigenvalue weighted by Crippen LogP contribution is 2.11. The number of hydrogen-bond donors (Lipinski definition) is 2. The SMILES string of the molecule is C[C@H](NC(=O)Nc1ccccc1)C(=O)N1CCCCCC1. The van der Waals surface area contributed by atoms with E-state index in [2.05, 4.69) is 10.6 Å². The van der Waals surface area contributed by atoms with Crippen molar-refractivity contribution in [3.8, 4) is 0 Å². The third-order valence-corrected chi connectivity index (χ3v) is 3.67. The molecule has 1 heterocycles. The van der Waals surface area contributed by atoms with Gasteiger partial charge in [0.1, 0.15) is 6.04 Å². The molecule has 114 valence electrons. The summed E-state index contributed by atoms with van der Waals surface area (Å²) in [4.78, 5) is 26.1. The fourth-order valence-electron chi connectivity index (χ4n) is 2.51. The van der Waals surface area contributed by atoms with Crippen LogP contribution in [0.25, 0.3) is 0 Å². The number of nitrogens with one attached hydrogen (secondary N) is 2. The molecule has 5 nitrogen and oxygen atoms in total. The van der Waals surface area contributed by atoms with Gasteiger partial charge in [0.25, 0.3) is 0 Å². The molecule has 5 heteroatoms. The molecular formula is C16H23N3O2. The molecule has 1 aliphatic rings. The van der Waals surface area contributed by atoms with Crippen LogP contribution in [0.3, 0.4) is 0 Å². The van der Waals surface area contributed by atoms with Crippen LogP contribution in [-0.2, 0) is 4.79 Å². The van der Waals surface area contributed by atoms with Gasteiger partial charge in [-0.25, -0.2) is 4.79 Å². The van der Waals surface area contributed by atoms with Gasteiger partial charge in [-0.15, -0.1) is 0 Å². The molecule has 1 aromatic carbocycles. The summed E-state index contributed by atoms with van der Waals surface area (Å²) in [6, 6.07) is 8.34. The lowest BCUT2D eigenvalue weighted by molar-refractivity contribution is -0.132. The minimum Gasteiger partial charge on any atom is -0.341 e. The molecule has 0 saturated carbocycles. The van der Waals surface area contributed by atoms with E-state index < -0.39 is 6.04 Å². The van der Waals surface area contributed by atoms with Gasteiger partial charge < -0.3 is 15.5 Å². The second-order valence-corrected chi connectivity index (χ2v) is 5.43. The van der Waals surface area contributed by atoms with Crippen LogP contribution in [-0.4, -0.2) is 36.0 Å². The normalized spacial score (nSPS) is 16.7. The molecule has 0 aliphatic carbocycles. The second-order valence-electron chi connectivity index (χ2n) is 5.43. The Labute approximate surface area is 125 Å². The Kier molecular flexibility index (Phi) is 5.60. The molecule has 1 fully saturated rings. The van der Waals surface area contributed by atoms with E-state index in [4.69, 9.17) is 0 Å². The number of anilines is 1. The van der Waals surface area contributed by atoms with E-state index in [-0.39, 0.29) is 11.9 Å². The van der Waals surface area contributed by atoms with Gasteiger partial charge in [-0.05, 0) is 31.9 Å². The summed E-state index contributed by atoms with van der Waals surface area (Å²) in [5.74, 6) is 0.000103. The molecule has 0 bridgehead atoms. The Morgan fingerprint density at radius 1 is 1.05 bits per heavy atom. The van der Waals surface area contributed by atoms with Crippen molar-refractivity contribution in [1.82, 2.24) is 10.2 Å². The smallest absolute Gasteiger partial charge is 0.319 e.